The molecule has 6 nitrogen and oxygen atoms in total. The van der Waals surface area contributed by atoms with Crippen LogP contribution < -0.4 is 9.47 Å². The SMILES string of the molecule is CC(C)CCC[C@@H](C)[C@H]1CC[C@H]2[C@@H]3CC[C@H]4C[C@@H](Oc5c6nc(c(-c7ccccc7)c7ccc([nH]7)c(O[C@H]7CC[C@@]8(C)[C@@H](CC[C@@H]9[C@@H]8CC[C@]8(C)[C@@H]([C@H](C)CCCC(C)C)CC[C@@H]98)C7)c7ccc([nH]7)c(-c7ccccc7)c7nc5C=C7)C=C6)CC[C@]4(C)[C@H]3CC[C@]12C. The average molecular weight is 1240 g/mol. The van der Waals surface area contributed by atoms with Crippen LogP contribution in [0.1, 0.15) is 246 Å². The summed E-state index contributed by atoms with van der Waals surface area (Å²) in [5.41, 5.74) is 13.7. The van der Waals surface area contributed by atoms with Gasteiger partial charge in [0, 0.05) is 22.2 Å². The van der Waals surface area contributed by atoms with E-state index in [1.165, 1.54) is 128 Å². The second-order valence-electron chi connectivity index (χ2n) is 34.5. The molecule has 0 spiro atoms. The summed E-state index contributed by atoms with van der Waals surface area (Å²) in [7, 11) is 0. The van der Waals surface area contributed by atoms with Crippen molar-refractivity contribution in [1.82, 2.24) is 19.9 Å². The molecule has 92 heavy (non-hydrogen) atoms. The van der Waals surface area contributed by atoms with E-state index in [-0.39, 0.29) is 12.2 Å². The number of aromatic nitrogens is 4. The van der Waals surface area contributed by atoms with Gasteiger partial charge >= 0.3 is 0 Å². The van der Waals surface area contributed by atoms with Crippen LogP contribution in [0.2, 0.25) is 0 Å². The van der Waals surface area contributed by atoms with Crippen molar-refractivity contribution in [3.63, 3.8) is 0 Å². The Labute approximate surface area is 554 Å². The van der Waals surface area contributed by atoms with Gasteiger partial charge in [0.25, 0.3) is 0 Å². The Kier molecular flexibility index (Phi) is 17.1. The van der Waals surface area contributed by atoms with Crippen molar-refractivity contribution in [3.05, 3.63) is 108 Å². The predicted molar refractivity (Wildman–Crippen MR) is 385 cm³/mol. The van der Waals surface area contributed by atoms with E-state index in [1.54, 1.807) is 0 Å². The fourth-order valence-corrected chi connectivity index (χ4v) is 24.3. The third-order valence-corrected chi connectivity index (χ3v) is 29.0. The van der Waals surface area contributed by atoms with E-state index in [9.17, 15) is 0 Å². The summed E-state index contributed by atoms with van der Waals surface area (Å²) in [6.45, 7) is 25.8. The lowest BCUT2D eigenvalue weighted by Crippen LogP contribution is -2.54. The Balaban J connectivity index is 0.744. The van der Waals surface area contributed by atoms with Gasteiger partial charge in [0.2, 0.25) is 0 Å². The number of H-pyrrole nitrogens is 2. The van der Waals surface area contributed by atoms with Crippen LogP contribution in [0, 0.1) is 105 Å². The fraction of sp³-hybridized carbons (Fsp3) is 0.628. The predicted octanol–water partition coefficient (Wildman–Crippen LogP) is 23.7. The Morgan fingerprint density at radius 1 is 0.402 bits per heavy atom. The number of nitrogens with one attached hydrogen (secondary N) is 2. The van der Waals surface area contributed by atoms with Gasteiger partial charge < -0.3 is 19.4 Å². The van der Waals surface area contributed by atoms with E-state index in [1.807, 2.05) is 0 Å². The summed E-state index contributed by atoms with van der Waals surface area (Å²) in [5, 5.41) is 0. The van der Waals surface area contributed by atoms with Gasteiger partial charge in [-0.2, -0.15) is 0 Å². The maximum Gasteiger partial charge on any atom is 0.170 e. The van der Waals surface area contributed by atoms with Crippen LogP contribution in [-0.2, 0) is 0 Å². The zero-order valence-corrected chi connectivity index (χ0v) is 58.3. The normalized spacial score (nSPS) is 35.2. The second kappa shape index (κ2) is 25.0. The number of fused-ring (bicyclic) bond motifs is 18. The molecule has 2 aromatic carbocycles. The third kappa shape index (κ3) is 11.1. The highest BCUT2D eigenvalue weighted by atomic mass is 16.5. The Bertz CT molecular complexity index is 3560. The standard InChI is InChI=1S/C86H114N4O2/c1-53(2)19-17-21-55(5)65-31-33-67-63-29-27-59-51-61(43-47-83(59,7)69(63)45-49-85(65,67)9)91-81-75-39-35-71(87-75)79(57-23-13-11-14-24-57)73-37-41-77(89-73)82(78-42-38-74(90-78)80(58-25-15-12-16-26-58)72-36-40-76(81)88-72)92-62-44-48-84(8)60(52-62)28-30-64-68-34-32-66(56(6)22-18-20-54(3)4)86(68,10)50-46-70(64)84/h11-16,23-26,35-42,53-56,59-70,87-88H,17-22,27-34,43-52H2,1-10H3/t55-,56-,59+,60+,61+,62+,63+,64+,65-,66-,67+,68+,69+,70+,83+,84+,85-,86-/m1/s1. The maximum absolute atomic E-state index is 7.66. The minimum absolute atomic E-state index is 0.0950. The Morgan fingerprint density at radius 3 is 1.23 bits per heavy atom. The molecule has 5 aromatic rings. The Morgan fingerprint density at radius 2 is 0.793 bits per heavy atom. The van der Waals surface area contributed by atoms with Gasteiger partial charge in [0.05, 0.1) is 34.6 Å². The molecule has 0 unspecified atom stereocenters. The summed E-state index contributed by atoms with van der Waals surface area (Å²) in [6, 6.07) is 30.8. The zero-order chi connectivity index (χ0) is 63.3. The van der Waals surface area contributed by atoms with E-state index < -0.39 is 0 Å². The van der Waals surface area contributed by atoms with Crippen molar-refractivity contribution >= 4 is 46.4 Å². The average Bonchev–Trinajstić information content (AvgIpc) is 1.31. The van der Waals surface area contributed by atoms with Gasteiger partial charge in [0.1, 0.15) is 11.4 Å². The molecule has 8 bridgehead atoms. The third-order valence-electron chi connectivity index (χ3n) is 29.0. The van der Waals surface area contributed by atoms with Gasteiger partial charge in [0.15, 0.2) is 11.5 Å². The summed E-state index contributed by atoms with van der Waals surface area (Å²) in [6.07, 6.45) is 41.3. The smallest absolute Gasteiger partial charge is 0.170 e. The summed E-state index contributed by atoms with van der Waals surface area (Å²) in [4.78, 5) is 19.3. The molecule has 0 amide bonds. The fourth-order valence-electron chi connectivity index (χ4n) is 24.3. The van der Waals surface area contributed by atoms with Crippen molar-refractivity contribution in [1.29, 1.82) is 0 Å². The molecule has 15 rings (SSSR count). The minimum Gasteiger partial charge on any atom is -0.486 e. The van der Waals surface area contributed by atoms with Crippen molar-refractivity contribution in [3.8, 4) is 33.8 Å². The first-order valence-electron chi connectivity index (χ1n) is 38.1. The lowest BCUT2D eigenvalue weighted by atomic mass is 9.44. The van der Waals surface area contributed by atoms with Gasteiger partial charge in [-0.3, -0.25) is 0 Å². The topological polar surface area (TPSA) is 75.8 Å². The number of nitrogens with zero attached hydrogens (tertiary/aromatic N) is 2. The van der Waals surface area contributed by atoms with Crippen LogP contribution in [0.5, 0.6) is 11.5 Å². The van der Waals surface area contributed by atoms with Gasteiger partial charge in [-0.15, -0.1) is 0 Å². The molecule has 2 N–H and O–H groups in total. The van der Waals surface area contributed by atoms with E-state index in [0.29, 0.717) is 33.5 Å². The molecule has 0 radical (unpaired) electrons. The first-order valence-corrected chi connectivity index (χ1v) is 38.1. The lowest BCUT2D eigenvalue weighted by molar-refractivity contribution is -0.126. The Hall–Kier alpha value is -5.36. The molecule has 8 fully saturated rings. The molecule has 0 saturated heterocycles. The van der Waals surface area contributed by atoms with E-state index in [2.05, 4.69) is 188 Å². The van der Waals surface area contributed by atoms with Gasteiger partial charge in [-0.25, -0.2) is 9.97 Å². The van der Waals surface area contributed by atoms with E-state index >= 15 is 0 Å². The lowest BCUT2D eigenvalue weighted by Gasteiger charge is -2.61. The summed E-state index contributed by atoms with van der Waals surface area (Å²) < 4.78 is 15.3. The molecule has 5 heterocycles. The number of benzene rings is 2. The monoisotopic (exact) mass is 1230 g/mol. The van der Waals surface area contributed by atoms with Crippen LogP contribution in [0.25, 0.3) is 68.6 Å². The molecule has 8 aliphatic carbocycles. The largest absolute Gasteiger partial charge is 0.486 e. The number of ether oxygens (including phenoxy) is 2. The number of rotatable bonds is 16. The molecule has 3 aromatic heterocycles. The maximum atomic E-state index is 7.66. The van der Waals surface area contributed by atoms with Crippen LogP contribution in [0.15, 0.2) is 84.9 Å². The van der Waals surface area contributed by atoms with Crippen molar-refractivity contribution in [2.45, 2.75) is 236 Å². The van der Waals surface area contributed by atoms with Crippen molar-refractivity contribution < 1.29 is 9.47 Å². The van der Waals surface area contributed by atoms with Crippen molar-refractivity contribution in [2.24, 2.45) is 105 Å². The van der Waals surface area contributed by atoms with E-state index in [0.717, 1.165) is 175 Å². The number of hydrogen-bond donors (Lipinski definition) is 2. The van der Waals surface area contributed by atoms with Crippen LogP contribution in [0.3, 0.4) is 0 Å². The molecule has 490 valence electrons. The highest BCUT2D eigenvalue weighted by Crippen LogP contribution is 2.71. The number of aromatic amines is 2. The molecular weight excluding hydrogens is 1120 g/mol. The van der Waals surface area contributed by atoms with Gasteiger partial charge in [-0.05, 0) is 280 Å². The van der Waals surface area contributed by atoms with Crippen LogP contribution in [0.4, 0.5) is 0 Å². The van der Waals surface area contributed by atoms with Crippen LogP contribution >= 0.6 is 0 Å². The van der Waals surface area contributed by atoms with Crippen molar-refractivity contribution in [2.75, 3.05) is 0 Å². The second-order valence-corrected chi connectivity index (χ2v) is 34.5. The first-order chi connectivity index (χ1) is 44.5. The first kappa shape index (κ1) is 62.7. The molecule has 8 saturated carbocycles. The molecule has 2 aliphatic heterocycles. The zero-order valence-electron chi connectivity index (χ0n) is 58.3. The molecular formula is C86H114N4O2. The molecule has 18 atom stereocenters. The molecule has 6 heteroatoms. The summed E-state index contributed by atoms with van der Waals surface area (Å²) >= 11 is 0. The number of hydrogen-bond acceptors (Lipinski definition) is 4. The summed E-state index contributed by atoms with van der Waals surface area (Å²) in [5.74, 6) is 13.3. The van der Waals surface area contributed by atoms with Gasteiger partial charge in [-0.1, -0.05) is 168 Å². The van der Waals surface area contributed by atoms with E-state index in [4.69, 9.17) is 19.4 Å². The van der Waals surface area contributed by atoms with Crippen LogP contribution in [-0.4, -0.2) is 32.1 Å². The molecule has 10 aliphatic rings. The minimum atomic E-state index is 0.0950. The quantitative estimate of drug-likeness (QED) is 0.101. The highest BCUT2D eigenvalue weighted by Gasteiger charge is 2.63. The highest BCUT2D eigenvalue weighted by molar-refractivity contribution is 5.95.